The Morgan fingerprint density at radius 1 is 1.60 bits per heavy atom. The molecule has 0 aliphatic rings. The van der Waals surface area contributed by atoms with Crippen molar-refractivity contribution in [3.63, 3.8) is 0 Å². The number of benzene rings is 1. The highest BCUT2D eigenvalue weighted by Crippen LogP contribution is 2.17. The third kappa shape index (κ3) is 2.14. The summed E-state index contributed by atoms with van der Waals surface area (Å²) >= 11 is 0. The fourth-order valence-electron chi connectivity index (χ4n) is 1.45. The van der Waals surface area contributed by atoms with E-state index in [1.54, 1.807) is 12.1 Å². The zero-order chi connectivity index (χ0) is 11.4. The molecule has 0 saturated carbocycles. The Bertz CT molecular complexity index is 433. The molecule has 0 amide bonds. The number of carbonyl (C=O) groups excluding carboxylic acids is 1. The number of methoxy groups -OCH3 is 1. The van der Waals surface area contributed by atoms with Crippen molar-refractivity contribution in [1.29, 1.82) is 5.26 Å². The van der Waals surface area contributed by atoms with Crippen molar-refractivity contribution in [2.45, 2.75) is 13.5 Å². The van der Waals surface area contributed by atoms with Crippen LogP contribution in [0.25, 0.3) is 0 Å². The molecule has 2 N–H and O–H groups in total. The normalized spacial score (nSPS) is 9.47. The molecule has 1 aromatic rings. The molecule has 0 aliphatic carbocycles. The van der Waals surface area contributed by atoms with Crippen LogP contribution in [0.3, 0.4) is 0 Å². The maximum Gasteiger partial charge on any atom is 0.339 e. The summed E-state index contributed by atoms with van der Waals surface area (Å²) in [6.07, 6.45) is 0. The highest BCUT2D eigenvalue weighted by Gasteiger charge is 2.16. The summed E-state index contributed by atoms with van der Waals surface area (Å²) in [6, 6.07) is 5.40. The van der Waals surface area contributed by atoms with E-state index in [4.69, 9.17) is 11.0 Å². The predicted octanol–water partition coefficient (Wildman–Crippen LogP) is 1.11. The van der Waals surface area contributed by atoms with Gasteiger partial charge in [0.2, 0.25) is 0 Å². The molecule has 0 aliphatic heterocycles. The Kier molecular flexibility index (Phi) is 3.42. The van der Waals surface area contributed by atoms with Gasteiger partial charge in [-0.05, 0) is 24.1 Å². The van der Waals surface area contributed by atoms with Crippen LogP contribution >= 0.6 is 0 Å². The van der Waals surface area contributed by atoms with E-state index in [1.807, 2.05) is 13.0 Å². The van der Waals surface area contributed by atoms with Gasteiger partial charge in [0.25, 0.3) is 0 Å². The van der Waals surface area contributed by atoms with E-state index in [-0.39, 0.29) is 12.1 Å². The molecule has 15 heavy (non-hydrogen) atoms. The topological polar surface area (TPSA) is 76.1 Å². The van der Waals surface area contributed by atoms with Crippen molar-refractivity contribution in [1.82, 2.24) is 0 Å². The Morgan fingerprint density at radius 3 is 2.73 bits per heavy atom. The summed E-state index contributed by atoms with van der Waals surface area (Å²) in [5, 5.41) is 8.91. The van der Waals surface area contributed by atoms with Crippen molar-refractivity contribution in [3.8, 4) is 6.07 Å². The van der Waals surface area contributed by atoms with Gasteiger partial charge >= 0.3 is 5.97 Å². The Morgan fingerprint density at radius 2 is 2.27 bits per heavy atom. The van der Waals surface area contributed by atoms with E-state index in [0.29, 0.717) is 11.1 Å². The molecule has 0 spiro atoms. The van der Waals surface area contributed by atoms with E-state index in [0.717, 1.165) is 5.56 Å². The van der Waals surface area contributed by atoms with Gasteiger partial charge in [-0.3, -0.25) is 0 Å². The summed E-state index contributed by atoms with van der Waals surface area (Å²) in [4.78, 5) is 11.5. The molecule has 0 fully saturated rings. The number of aryl methyl sites for hydroxylation is 1. The molecule has 78 valence electrons. The zero-order valence-electron chi connectivity index (χ0n) is 8.70. The lowest BCUT2D eigenvalue weighted by Gasteiger charge is -2.08. The molecular formula is C11H12N2O2. The second-order valence-electron chi connectivity index (χ2n) is 3.15. The Labute approximate surface area is 88.3 Å². The number of esters is 1. The van der Waals surface area contributed by atoms with Gasteiger partial charge in [-0.15, -0.1) is 0 Å². The number of nitrogens with zero attached hydrogens (tertiary/aromatic N) is 1. The SMILES string of the molecule is COC(=O)c1c(C#N)cc(C)cc1CN. The molecule has 4 nitrogen and oxygen atoms in total. The second kappa shape index (κ2) is 4.58. The van der Waals surface area contributed by atoms with Gasteiger partial charge in [-0.1, -0.05) is 6.07 Å². The average Bonchev–Trinajstić information content (AvgIpc) is 2.26. The monoisotopic (exact) mass is 204 g/mol. The van der Waals surface area contributed by atoms with Gasteiger partial charge in [0, 0.05) is 6.54 Å². The van der Waals surface area contributed by atoms with E-state index in [9.17, 15) is 4.79 Å². The minimum Gasteiger partial charge on any atom is -0.465 e. The van der Waals surface area contributed by atoms with Gasteiger partial charge in [0.15, 0.2) is 0 Å². The van der Waals surface area contributed by atoms with E-state index in [2.05, 4.69) is 4.74 Å². The maximum absolute atomic E-state index is 11.5. The molecule has 4 heteroatoms. The summed E-state index contributed by atoms with van der Waals surface area (Å²) in [5.41, 5.74) is 7.64. The van der Waals surface area contributed by atoms with Gasteiger partial charge in [0.05, 0.1) is 18.2 Å². The third-order valence-electron chi connectivity index (χ3n) is 2.09. The lowest BCUT2D eigenvalue weighted by molar-refractivity contribution is 0.0599. The fraction of sp³-hybridized carbons (Fsp3) is 0.273. The van der Waals surface area contributed by atoms with Crippen LogP contribution in [0.5, 0.6) is 0 Å². The van der Waals surface area contributed by atoms with Crippen LogP contribution in [0.4, 0.5) is 0 Å². The predicted molar refractivity (Wildman–Crippen MR) is 55.1 cm³/mol. The van der Waals surface area contributed by atoms with Crippen molar-refractivity contribution in [2.24, 2.45) is 5.73 Å². The summed E-state index contributed by atoms with van der Waals surface area (Å²) in [5.74, 6) is -0.521. The van der Waals surface area contributed by atoms with Crippen LogP contribution in [-0.4, -0.2) is 13.1 Å². The second-order valence-corrected chi connectivity index (χ2v) is 3.15. The van der Waals surface area contributed by atoms with Crippen LogP contribution in [0.1, 0.15) is 27.0 Å². The molecule has 0 bridgehead atoms. The number of nitriles is 1. The zero-order valence-corrected chi connectivity index (χ0v) is 8.70. The van der Waals surface area contributed by atoms with Crippen molar-refractivity contribution in [2.75, 3.05) is 7.11 Å². The van der Waals surface area contributed by atoms with E-state index < -0.39 is 5.97 Å². The van der Waals surface area contributed by atoms with E-state index >= 15 is 0 Å². The van der Waals surface area contributed by atoms with Crippen LogP contribution in [0, 0.1) is 18.3 Å². The number of hydrogen-bond donors (Lipinski definition) is 1. The van der Waals surface area contributed by atoms with Crippen molar-refractivity contribution in [3.05, 3.63) is 34.4 Å². The molecule has 0 unspecified atom stereocenters. The first-order chi connectivity index (χ1) is 7.13. The molecule has 0 atom stereocenters. The molecular weight excluding hydrogens is 192 g/mol. The number of carbonyl (C=O) groups is 1. The van der Waals surface area contributed by atoms with Gasteiger partial charge in [-0.25, -0.2) is 4.79 Å². The fourth-order valence-corrected chi connectivity index (χ4v) is 1.45. The molecule has 1 rings (SSSR count). The largest absolute Gasteiger partial charge is 0.465 e. The first kappa shape index (κ1) is 11.2. The molecule has 0 aromatic heterocycles. The standard InChI is InChI=1S/C11H12N2O2/c1-7-3-8(5-12)10(11(14)15-2)9(4-7)6-13/h3-4H,5,12H2,1-2H3. The van der Waals surface area contributed by atoms with Crippen molar-refractivity contribution >= 4 is 5.97 Å². The summed E-state index contributed by atoms with van der Waals surface area (Å²) < 4.78 is 4.62. The van der Waals surface area contributed by atoms with Crippen LogP contribution in [-0.2, 0) is 11.3 Å². The smallest absolute Gasteiger partial charge is 0.339 e. The average molecular weight is 204 g/mol. The highest BCUT2D eigenvalue weighted by molar-refractivity contribution is 5.94. The van der Waals surface area contributed by atoms with Gasteiger partial charge in [0.1, 0.15) is 6.07 Å². The minimum atomic E-state index is -0.521. The van der Waals surface area contributed by atoms with Crippen LogP contribution < -0.4 is 5.73 Å². The third-order valence-corrected chi connectivity index (χ3v) is 2.09. The first-order valence-electron chi connectivity index (χ1n) is 4.46. The summed E-state index contributed by atoms with van der Waals surface area (Å²) in [7, 11) is 1.28. The molecule has 1 aromatic carbocycles. The van der Waals surface area contributed by atoms with Crippen LogP contribution in [0.2, 0.25) is 0 Å². The van der Waals surface area contributed by atoms with E-state index in [1.165, 1.54) is 7.11 Å². The molecule has 0 heterocycles. The Hall–Kier alpha value is -1.86. The van der Waals surface area contributed by atoms with Crippen molar-refractivity contribution < 1.29 is 9.53 Å². The van der Waals surface area contributed by atoms with Gasteiger partial charge < -0.3 is 10.5 Å². The summed E-state index contributed by atoms with van der Waals surface area (Å²) in [6.45, 7) is 2.06. The van der Waals surface area contributed by atoms with Crippen LogP contribution in [0.15, 0.2) is 12.1 Å². The lowest BCUT2D eigenvalue weighted by Crippen LogP contribution is -2.11. The maximum atomic E-state index is 11.5. The number of hydrogen-bond acceptors (Lipinski definition) is 4. The minimum absolute atomic E-state index is 0.209. The number of rotatable bonds is 2. The highest BCUT2D eigenvalue weighted by atomic mass is 16.5. The Balaban J connectivity index is 3.45. The van der Waals surface area contributed by atoms with Gasteiger partial charge in [-0.2, -0.15) is 5.26 Å². The quantitative estimate of drug-likeness (QED) is 0.732. The first-order valence-corrected chi connectivity index (χ1v) is 4.46. The lowest BCUT2D eigenvalue weighted by atomic mass is 9.99. The molecule has 0 radical (unpaired) electrons. The molecule has 0 saturated heterocycles. The number of ether oxygens (including phenoxy) is 1. The number of nitrogens with two attached hydrogens (primary N) is 1.